The number of nitrogens with zero attached hydrogens (tertiary/aromatic N) is 1. The van der Waals surface area contributed by atoms with Crippen LogP contribution in [-0.2, 0) is 6.42 Å². The summed E-state index contributed by atoms with van der Waals surface area (Å²) < 4.78 is 15.3. The Bertz CT molecular complexity index is 328. The molecule has 1 rings (SSSR count). The van der Waals surface area contributed by atoms with Crippen molar-refractivity contribution in [2.45, 2.75) is 51.9 Å². The third kappa shape index (κ3) is 4.21. The molecule has 92 valence electrons. The van der Waals surface area contributed by atoms with Gasteiger partial charge in [0.25, 0.3) is 4.34 Å². The van der Waals surface area contributed by atoms with E-state index in [0.29, 0.717) is 10.7 Å². The van der Waals surface area contributed by atoms with Crippen LogP contribution >= 0.6 is 34.1 Å². The van der Waals surface area contributed by atoms with Gasteiger partial charge in [-0.2, -0.15) is 0 Å². The van der Waals surface area contributed by atoms with Crippen molar-refractivity contribution in [2.75, 3.05) is 0 Å². The summed E-state index contributed by atoms with van der Waals surface area (Å²) in [7, 11) is -1.44. The standard InChI is InChI=1S/C11H17Cl2NOS/c1-2-3-4-5-6-7-8-9-10(12)11(13)16(15)14-9/h2-8H2,1H3. The number of unbranched alkanes of at least 4 members (excludes halogenated alkanes) is 5. The van der Waals surface area contributed by atoms with Crippen molar-refractivity contribution in [1.82, 2.24) is 4.37 Å². The number of aromatic nitrogens is 1. The van der Waals surface area contributed by atoms with E-state index in [1.54, 1.807) is 0 Å². The summed E-state index contributed by atoms with van der Waals surface area (Å²) >= 11 is 11.6. The Morgan fingerprint density at radius 3 is 2.31 bits per heavy atom. The summed E-state index contributed by atoms with van der Waals surface area (Å²) in [5, 5.41) is 0.397. The van der Waals surface area contributed by atoms with Crippen LogP contribution in [0.2, 0.25) is 9.36 Å². The van der Waals surface area contributed by atoms with Crippen LogP contribution in [0, 0.1) is 0 Å². The van der Waals surface area contributed by atoms with Gasteiger partial charge in [0.05, 0.1) is 10.9 Å². The van der Waals surface area contributed by atoms with Crippen LogP contribution in [0.4, 0.5) is 0 Å². The first-order valence-electron chi connectivity index (χ1n) is 5.72. The van der Waals surface area contributed by atoms with Crippen LogP contribution in [0.25, 0.3) is 0 Å². The zero-order chi connectivity index (χ0) is 12.0. The molecular formula is C11H17Cl2NOS. The molecule has 1 aromatic heterocycles. The smallest absolute Gasteiger partial charge is 0.284 e. The van der Waals surface area contributed by atoms with Gasteiger partial charge in [-0.3, -0.25) is 0 Å². The summed E-state index contributed by atoms with van der Waals surface area (Å²) in [5.74, 6) is 0. The van der Waals surface area contributed by atoms with Gasteiger partial charge in [0.1, 0.15) is 10.7 Å². The van der Waals surface area contributed by atoms with E-state index >= 15 is 0 Å². The fourth-order valence-corrected chi connectivity index (χ4v) is 2.93. The summed E-state index contributed by atoms with van der Waals surface area (Å²) in [6.07, 6.45) is 8.10. The first kappa shape index (κ1) is 14.2. The molecule has 0 spiro atoms. The predicted octanol–water partition coefficient (Wildman–Crippen LogP) is 5.02. The molecule has 0 N–H and O–H groups in total. The van der Waals surface area contributed by atoms with Crippen molar-refractivity contribution in [1.29, 1.82) is 0 Å². The Hall–Kier alpha value is 0.170. The van der Waals surface area contributed by atoms with Crippen molar-refractivity contribution >= 4 is 34.1 Å². The maximum atomic E-state index is 11.2. The van der Waals surface area contributed by atoms with Crippen molar-refractivity contribution in [3.05, 3.63) is 15.1 Å². The molecule has 0 aromatic carbocycles. The number of rotatable bonds is 7. The molecule has 16 heavy (non-hydrogen) atoms. The van der Waals surface area contributed by atoms with Crippen LogP contribution in [0.5, 0.6) is 0 Å². The second-order valence-corrected chi connectivity index (χ2v) is 5.96. The number of aryl methyl sites for hydroxylation is 1. The third-order valence-electron chi connectivity index (χ3n) is 2.54. The lowest BCUT2D eigenvalue weighted by atomic mass is 10.1. The highest BCUT2D eigenvalue weighted by molar-refractivity contribution is 7.24. The SMILES string of the molecule is CCCCCCCCc1n[s+]([O-])c(Cl)c1Cl. The van der Waals surface area contributed by atoms with Gasteiger partial charge in [0, 0.05) is 0 Å². The first-order chi connectivity index (χ1) is 7.66. The minimum absolute atomic E-state index is 0.183. The molecule has 5 heteroatoms. The van der Waals surface area contributed by atoms with Gasteiger partial charge in [-0.15, -0.1) is 0 Å². The Morgan fingerprint density at radius 1 is 1.12 bits per heavy atom. The van der Waals surface area contributed by atoms with Crippen LogP contribution in [-0.4, -0.2) is 8.93 Å². The van der Waals surface area contributed by atoms with Gasteiger partial charge in [-0.1, -0.05) is 50.6 Å². The van der Waals surface area contributed by atoms with Crippen molar-refractivity contribution in [3.8, 4) is 0 Å². The van der Waals surface area contributed by atoms with E-state index in [9.17, 15) is 4.55 Å². The second-order valence-electron chi connectivity index (χ2n) is 3.89. The molecule has 0 aliphatic carbocycles. The highest BCUT2D eigenvalue weighted by Crippen LogP contribution is 2.35. The minimum atomic E-state index is -1.44. The van der Waals surface area contributed by atoms with Crippen LogP contribution in [0.15, 0.2) is 0 Å². The molecular weight excluding hydrogens is 265 g/mol. The molecule has 1 atom stereocenters. The lowest BCUT2D eigenvalue weighted by Crippen LogP contribution is -1.87. The Labute approximate surface area is 110 Å². The maximum absolute atomic E-state index is 11.2. The van der Waals surface area contributed by atoms with Crippen LogP contribution in [0.1, 0.15) is 51.1 Å². The monoisotopic (exact) mass is 281 g/mol. The van der Waals surface area contributed by atoms with E-state index in [0.717, 1.165) is 12.8 Å². The summed E-state index contributed by atoms with van der Waals surface area (Å²) in [4.78, 5) is 0. The summed E-state index contributed by atoms with van der Waals surface area (Å²) in [6.45, 7) is 2.20. The molecule has 1 aromatic rings. The van der Waals surface area contributed by atoms with Crippen molar-refractivity contribution < 1.29 is 4.55 Å². The molecule has 1 unspecified atom stereocenters. The largest absolute Gasteiger partial charge is 0.568 e. The van der Waals surface area contributed by atoms with E-state index in [-0.39, 0.29) is 4.34 Å². The molecule has 0 aliphatic rings. The molecule has 0 saturated heterocycles. The molecule has 0 radical (unpaired) electrons. The maximum Gasteiger partial charge on any atom is 0.284 e. The van der Waals surface area contributed by atoms with E-state index < -0.39 is 10.9 Å². The normalized spacial score (nSPS) is 12.1. The summed E-state index contributed by atoms with van der Waals surface area (Å²) in [5.41, 5.74) is 0.709. The molecule has 0 fully saturated rings. The van der Waals surface area contributed by atoms with E-state index in [1.165, 1.54) is 32.1 Å². The average Bonchev–Trinajstić information content (AvgIpc) is 2.51. The number of hydrogen-bond donors (Lipinski definition) is 0. The van der Waals surface area contributed by atoms with E-state index in [1.807, 2.05) is 0 Å². The molecule has 0 bridgehead atoms. The van der Waals surface area contributed by atoms with E-state index in [2.05, 4.69) is 11.3 Å². The lowest BCUT2D eigenvalue weighted by molar-refractivity contribution is 0.588. The zero-order valence-corrected chi connectivity index (χ0v) is 11.8. The molecule has 0 saturated carbocycles. The molecule has 2 nitrogen and oxygen atoms in total. The highest BCUT2D eigenvalue weighted by Gasteiger charge is 2.18. The van der Waals surface area contributed by atoms with Gasteiger partial charge in [0.2, 0.25) is 0 Å². The van der Waals surface area contributed by atoms with Gasteiger partial charge < -0.3 is 4.55 Å². The Balaban J connectivity index is 2.24. The van der Waals surface area contributed by atoms with Gasteiger partial charge in [0.15, 0.2) is 0 Å². The molecule has 0 aliphatic heterocycles. The van der Waals surface area contributed by atoms with Gasteiger partial charge >= 0.3 is 0 Å². The first-order valence-corrected chi connectivity index (χ1v) is 7.58. The van der Waals surface area contributed by atoms with Crippen LogP contribution < -0.4 is 0 Å². The quantitative estimate of drug-likeness (QED) is 0.520. The van der Waals surface area contributed by atoms with Crippen molar-refractivity contribution in [2.24, 2.45) is 0 Å². The Morgan fingerprint density at radius 2 is 1.75 bits per heavy atom. The predicted molar refractivity (Wildman–Crippen MR) is 70.0 cm³/mol. The third-order valence-corrected chi connectivity index (χ3v) is 4.64. The van der Waals surface area contributed by atoms with Crippen LogP contribution in [0.3, 0.4) is 0 Å². The fraction of sp³-hybridized carbons (Fsp3) is 0.727. The summed E-state index contributed by atoms with van der Waals surface area (Å²) in [6, 6.07) is 0. The molecule has 0 amide bonds. The topological polar surface area (TPSA) is 36.0 Å². The number of halogens is 2. The van der Waals surface area contributed by atoms with Crippen molar-refractivity contribution in [3.63, 3.8) is 0 Å². The number of hydrogen-bond acceptors (Lipinski definition) is 2. The van der Waals surface area contributed by atoms with Gasteiger partial charge in [-0.05, 0) is 28.8 Å². The second kappa shape index (κ2) is 7.49. The van der Waals surface area contributed by atoms with Gasteiger partial charge in [-0.25, -0.2) is 0 Å². The zero-order valence-electron chi connectivity index (χ0n) is 9.47. The Kier molecular flexibility index (Phi) is 6.66. The lowest BCUT2D eigenvalue weighted by Gasteiger charge is -1.98. The molecule has 1 heterocycles. The van der Waals surface area contributed by atoms with E-state index in [4.69, 9.17) is 23.2 Å². The average molecular weight is 282 g/mol. The minimum Gasteiger partial charge on any atom is -0.568 e. The fourth-order valence-electron chi connectivity index (χ4n) is 1.60. The highest BCUT2D eigenvalue weighted by atomic mass is 35.5.